The van der Waals surface area contributed by atoms with Crippen LogP contribution >= 0.6 is 23.2 Å². The van der Waals surface area contributed by atoms with E-state index in [1.165, 1.54) is 5.56 Å². The van der Waals surface area contributed by atoms with Crippen LogP contribution < -0.4 is 24.8 Å². The molecule has 0 radical (unpaired) electrons. The van der Waals surface area contributed by atoms with Gasteiger partial charge in [-0.1, -0.05) is 72.6 Å². The van der Waals surface area contributed by atoms with Crippen LogP contribution in [-0.4, -0.2) is 60.7 Å². The Hall–Kier alpha value is -3.89. The van der Waals surface area contributed by atoms with Gasteiger partial charge in [0.25, 0.3) is 0 Å². The fourth-order valence-electron chi connectivity index (χ4n) is 8.35. The third kappa shape index (κ3) is 6.77. The fourth-order valence-corrected chi connectivity index (χ4v) is 8.90. The van der Waals surface area contributed by atoms with Crippen LogP contribution in [0.1, 0.15) is 54.5 Å². The number of amides is 1. The molecule has 2 N–H and O–H groups in total. The Morgan fingerprint density at radius 1 is 0.882 bits per heavy atom. The molecular weight excluding hydrogens is 685 g/mol. The molecule has 3 fully saturated rings. The van der Waals surface area contributed by atoms with Crippen molar-refractivity contribution in [2.45, 2.75) is 57.8 Å². The van der Waals surface area contributed by atoms with Crippen LogP contribution in [0.5, 0.6) is 17.6 Å². The predicted octanol–water partition coefficient (Wildman–Crippen LogP) is 7.27. The smallest absolute Gasteiger partial charge is 0.236 e. The van der Waals surface area contributed by atoms with Gasteiger partial charge in [-0.05, 0) is 65.8 Å². The monoisotopic (exact) mass is 727 g/mol. The molecule has 2 saturated heterocycles. The van der Waals surface area contributed by atoms with Gasteiger partial charge < -0.3 is 24.8 Å². The topological polar surface area (TPSA) is 97.8 Å². The maximum absolute atomic E-state index is 11.5. The van der Waals surface area contributed by atoms with Gasteiger partial charge in [0.1, 0.15) is 11.1 Å². The maximum Gasteiger partial charge on any atom is 0.236 e. The molecule has 266 valence electrons. The minimum Gasteiger partial charge on any atom is -0.481 e. The lowest BCUT2D eigenvalue weighted by Crippen LogP contribution is -2.35. The van der Waals surface area contributed by atoms with E-state index in [1.54, 1.807) is 14.2 Å². The number of hydrogen-bond donors (Lipinski definition) is 2. The van der Waals surface area contributed by atoms with Gasteiger partial charge in [0.2, 0.25) is 23.5 Å². The number of benzene rings is 2. The molecule has 11 heteroatoms. The van der Waals surface area contributed by atoms with Gasteiger partial charge >= 0.3 is 0 Å². The average molecular weight is 729 g/mol. The number of ether oxygens (including phenoxy) is 3. The quantitative estimate of drug-likeness (QED) is 0.157. The Morgan fingerprint density at radius 3 is 2.39 bits per heavy atom. The van der Waals surface area contributed by atoms with Gasteiger partial charge in [0.05, 0.1) is 24.9 Å². The summed E-state index contributed by atoms with van der Waals surface area (Å²) in [6.07, 6.45) is 2.86. The summed E-state index contributed by atoms with van der Waals surface area (Å²) < 4.78 is 17.9. The second kappa shape index (κ2) is 14.3. The number of hydrogen-bond acceptors (Lipinski definition) is 8. The fraction of sp³-hybridized carbons (Fsp3) is 0.425. The van der Waals surface area contributed by atoms with E-state index < -0.39 is 0 Å². The molecule has 9 nitrogen and oxygen atoms in total. The Kier molecular flexibility index (Phi) is 9.57. The molecule has 51 heavy (non-hydrogen) atoms. The molecular formula is C40H43Cl2N5O4. The number of nitrogens with one attached hydrogen (secondary N) is 2. The highest BCUT2D eigenvalue weighted by atomic mass is 35.5. The zero-order chi connectivity index (χ0) is 35.2. The van der Waals surface area contributed by atoms with Crippen molar-refractivity contribution in [3.05, 3.63) is 86.9 Å². The summed E-state index contributed by atoms with van der Waals surface area (Å²) in [5, 5.41) is 7.53. The van der Waals surface area contributed by atoms with E-state index in [0.29, 0.717) is 47.2 Å². The first kappa shape index (κ1) is 34.2. The van der Waals surface area contributed by atoms with E-state index in [4.69, 9.17) is 47.4 Å². The van der Waals surface area contributed by atoms with Crippen molar-refractivity contribution in [3.63, 3.8) is 0 Å². The molecule has 2 aromatic heterocycles. The molecule has 2 unspecified atom stereocenters. The summed E-state index contributed by atoms with van der Waals surface area (Å²) in [6.45, 7) is 6.64. The van der Waals surface area contributed by atoms with E-state index in [9.17, 15) is 4.79 Å². The van der Waals surface area contributed by atoms with Gasteiger partial charge in [-0.25, -0.2) is 4.98 Å². The van der Waals surface area contributed by atoms with Gasteiger partial charge in [-0.2, -0.15) is 4.98 Å². The van der Waals surface area contributed by atoms with E-state index in [-0.39, 0.29) is 18.1 Å². The minimum absolute atomic E-state index is 0.112. The van der Waals surface area contributed by atoms with Crippen molar-refractivity contribution in [3.8, 4) is 40.0 Å². The summed E-state index contributed by atoms with van der Waals surface area (Å²) >= 11 is 14.0. The average Bonchev–Trinajstić information content (AvgIpc) is 3.59. The molecule has 4 aliphatic rings. The lowest BCUT2D eigenvalue weighted by atomic mass is 9.94. The molecule has 4 heterocycles. The molecule has 8 rings (SSSR count). The summed E-state index contributed by atoms with van der Waals surface area (Å²) in [5.41, 5.74) is 7.80. The predicted molar refractivity (Wildman–Crippen MR) is 198 cm³/mol. The number of aromatic nitrogens is 2. The van der Waals surface area contributed by atoms with Crippen LogP contribution in [0, 0.1) is 17.8 Å². The van der Waals surface area contributed by atoms with E-state index in [1.807, 2.05) is 30.3 Å². The van der Waals surface area contributed by atoms with Crippen LogP contribution in [-0.2, 0) is 24.3 Å². The number of methoxy groups -OCH3 is 2. The molecule has 0 bridgehead atoms. The lowest BCUT2D eigenvalue weighted by Gasteiger charge is -2.21. The highest BCUT2D eigenvalue weighted by molar-refractivity contribution is 6.36. The second-order valence-corrected chi connectivity index (χ2v) is 15.1. The zero-order valence-corrected chi connectivity index (χ0v) is 30.7. The summed E-state index contributed by atoms with van der Waals surface area (Å²) in [7, 11) is 3.28. The first-order valence-electron chi connectivity index (χ1n) is 17.9. The van der Waals surface area contributed by atoms with Crippen LogP contribution in [0.2, 0.25) is 10.0 Å². The van der Waals surface area contributed by atoms with E-state index >= 15 is 0 Å². The number of carbonyl (C=O) groups is 1. The molecule has 2 aliphatic carbocycles. The van der Waals surface area contributed by atoms with Gasteiger partial charge in [-0.3, -0.25) is 9.69 Å². The maximum atomic E-state index is 11.5. The Labute approximate surface area is 309 Å². The molecule has 1 saturated carbocycles. The first-order valence-corrected chi connectivity index (χ1v) is 18.6. The number of fused-ring (bicyclic) bond motifs is 2. The summed E-state index contributed by atoms with van der Waals surface area (Å²) in [4.78, 5) is 23.6. The Morgan fingerprint density at radius 2 is 1.63 bits per heavy atom. The zero-order valence-electron chi connectivity index (χ0n) is 29.2. The molecule has 1 amide bonds. The van der Waals surface area contributed by atoms with Crippen molar-refractivity contribution in [2.24, 2.45) is 17.8 Å². The highest BCUT2D eigenvalue weighted by Crippen LogP contribution is 2.52. The van der Waals surface area contributed by atoms with E-state index in [0.717, 1.165) is 95.7 Å². The van der Waals surface area contributed by atoms with Crippen LogP contribution in [0.4, 0.5) is 0 Å². The Balaban J connectivity index is 0.994. The number of halogens is 2. The van der Waals surface area contributed by atoms with Gasteiger partial charge in [-0.15, -0.1) is 0 Å². The minimum atomic E-state index is -0.202. The van der Waals surface area contributed by atoms with E-state index in [2.05, 4.69) is 46.7 Å². The van der Waals surface area contributed by atoms with Crippen molar-refractivity contribution in [1.29, 1.82) is 0 Å². The first-order chi connectivity index (χ1) is 24.8. The molecule has 2 aliphatic heterocycles. The van der Waals surface area contributed by atoms with Crippen molar-refractivity contribution >= 4 is 29.1 Å². The van der Waals surface area contributed by atoms with Crippen LogP contribution in [0.3, 0.4) is 0 Å². The molecule has 4 aromatic rings. The van der Waals surface area contributed by atoms with Gasteiger partial charge in [0, 0.05) is 67.4 Å². The standard InChI is InChI=1S/C40H43Cl2N5O4/c1-22-31-20-47(21-32(22)31)19-24-16-33(41)40(46-39(24)50-3)51-35-14-12-27-26(6-4-7-28(27)35)29-8-5-9-30(37(29)42)34-13-10-23(38(45-34)49-2)17-43-18-25-11-15-36(48)44-25/h4-10,13,16,22,25,31-32,35,43H,11-12,14-15,17-21H2,1-3H3,(H,44,48)/t22?,25-,31?,32?,35-/m0/s1. The second-order valence-electron chi connectivity index (χ2n) is 14.3. The summed E-state index contributed by atoms with van der Waals surface area (Å²) in [5.74, 6) is 4.10. The number of piperidine rings is 1. The Bertz CT molecular complexity index is 1960. The van der Waals surface area contributed by atoms with Crippen LogP contribution in [0.25, 0.3) is 22.4 Å². The number of carbonyl (C=O) groups excluding carboxylic acids is 1. The molecule has 0 spiro atoms. The summed E-state index contributed by atoms with van der Waals surface area (Å²) in [6, 6.07) is 18.5. The lowest BCUT2D eigenvalue weighted by molar-refractivity contribution is -0.119. The number of likely N-dealkylation sites (tertiary alicyclic amines) is 1. The largest absolute Gasteiger partial charge is 0.481 e. The third-order valence-electron chi connectivity index (χ3n) is 11.2. The number of pyridine rings is 2. The van der Waals surface area contributed by atoms with Crippen molar-refractivity contribution < 1.29 is 19.0 Å². The highest BCUT2D eigenvalue weighted by Gasteiger charge is 2.52. The van der Waals surface area contributed by atoms with Crippen molar-refractivity contribution in [1.82, 2.24) is 25.5 Å². The number of nitrogens with zero attached hydrogens (tertiary/aromatic N) is 3. The number of rotatable bonds is 12. The normalized spacial score (nSPS) is 23.5. The van der Waals surface area contributed by atoms with Crippen LogP contribution in [0.15, 0.2) is 54.6 Å². The third-order valence-corrected chi connectivity index (χ3v) is 11.9. The van der Waals surface area contributed by atoms with Crippen molar-refractivity contribution in [2.75, 3.05) is 33.9 Å². The molecule has 2 aromatic carbocycles. The van der Waals surface area contributed by atoms with Gasteiger partial charge in [0.15, 0.2) is 0 Å². The molecule has 4 atom stereocenters. The SMILES string of the molecule is COc1nc(-c2cccc(-c3cccc4c3CC[C@@H]4Oc3nc(OC)c(CN4CC5C(C)C5C4)cc3Cl)c2Cl)ccc1CNC[C@@H]1CCC(=O)N1.